The molecule has 0 spiro atoms. The summed E-state index contributed by atoms with van der Waals surface area (Å²) in [4.78, 5) is 10.1. The van der Waals surface area contributed by atoms with Crippen molar-refractivity contribution >= 4 is 21.4 Å². The van der Waals surface area contributed by atoms with Crippen LogP contribution >= 0.6 is 0 Å². The van der Waals surface area contributed by atoms with Crippen molar-refractivity contribution in [3.8, 4) is 0 Å². The Hall–Kier alpha value is -1.67. The Labute approximate surface area is 118 Å². The Kier molecular flexibility index (Phi) is 5.46. The molecule has 1 aromatic carbocycles. The smallest absolute Gasteiger partial charge is 0.291 e. The van der Waals surface area contributed by atoms with E-state index in [0.29, 0.717) is 18.7 Å². The Morgan fingerprint density at radius 3 is 2.50 bits per heavy atom. The first-order valence-electron chi connectivity index (χ1n) is 6.36. The van der Waals surface area contributed by atoms with Gasteiger partial charge in [0.2, 0.25) is 10.0 Å². The number of anilines is 1. The molecule has 1 unspecified atom stereocenters. The molecule has 2 N–H and O–H groups in total. The summed E-state index contributed by atoms with van der Waals surface area (Å²) in [5.41, 5.74) is 0.0842. The average Bonchev–Trinajstić information content (AvgIpc) is 2.38. The number of hydrogen-bond donors (Lipinski definition) is 2. The van der Waals surface area contributed by atoms with E-state index in [2.05, 4.69) is 10.0 Å². The molecule has 0 amide bonds. The number of sulfonamides is 1. The molecule has 0 fully saturated rings. The summed E-state index contributed by atoms with van der Waals surface area (Å²) in [6.07, 6.45) is 0.600. The zero-order valence-corrected chi connectivity index (χ0v) is 12.5. The van der Waals surface area contributed by atoms with Gasteiger partial charge < -0.3 is 5.32 Å². The Balaban J connectivity index is 3.26. The van der Waals surface area contributed by atoms with Crippen LogP contribution in [0.3, 0.4) is 0 Å². The molecule has 20 heavy (non-hydrogen) atoms. The van der Waals surface area contributed by atoms with E-state index in [-0.39, 0.29) is 10.9 Å². The highest BCUT2D eigenvalue weighted by atomic mass is 32.2. The molecule has 0 saturated carbocycles. The topological polar surface area (TPSA) is 101 Å². The van der Waals surface area contributed by atoms with Crippen molar-refractivity contribution in [2.75, 3.05) is 11.9 Å². The first-order chi connectivity index (χ1) is 9.31. The van der Waals surface area contributed by atoms with Gasteiger partial charge in [-0.05, 0) is 32.4 Å². The third-order valence-electron chi connectivity index (χ3n) is 2.79. The number of nitro groups is 1. The highest BCUT2D eigenvalue weighted by molar-refractivity contribution is 7.89. The van der Waals surface area contributed by atoms with Crippen LogP contribution in [-0.2, 0) is 10.0 Å². The molecule has 1 aromatic rings. The average molecular weight is 301 g/mol. The number of benzene rings is 1. The van der Waals surface area contributed by atoms with Crippen molar-refractivity contribution in [3.63, 3.8) is 0 Å². The summed E-state index contributed by atoms with van der Waals surface area (Å²) in [5.74, 6) is 0. The first kappa shape index (κ1) is 16.4. The standard InChI is InChI=1S/C12H19N3O4S/c1-4-9(3)14-20(18,19)12-7-6-10(13-5-2)8-11(12)15(16)17/h6-9,13-14H,4-5H2,1-3H3. The second-order valence-electron chi connectivity index (χ2n) is 4.40. The minimum atomic E-state index is -3.90. The summed E-state index contributed by atoms with van der Waals surface area (Å²) in [6, 6.07) is 3.71. The van der Waals surface area contributed by atoms with Gasteiger partial charge in [-0.25, -0.2) is 13.1 Å². The maximum Gasteiger partial charge on any atom is 0.291 e. The van der Waals surface area contributed by atoms with Gasteiger partial charge in [0.1, 0.15) is 0 Å². The summed E-state index contributed by atoms with van der Waals surface area (Å²) in [5, 5.41) is 14.0. The molecular formula is C12H19N3O4S. The van der Waals surface area contributed by atoms with E-state index < -0.39 is 20.6 Å². The molecule has 1 rings (SSSR count). The van der Waals surface area contributed by atoms with Crippen molar-refractivity contribution < 1.29 is 13.3 Å². The third-order valence-corrected chi connectivity index (χ3v) is 4.43. The maximum atomic E-state index is 12.2. The lowest BCUT2D eigenvalue weighted by molar-refractivity contribution is -0.387. The quantitative estimate of drug-likeness (QED) is 0.593. The third kappa shape index (κ3) is 3.91. The van der Waals surface area contributed by atoms with Crippen LogP contribution in [0, 0.1) is 10.1 Å². The van der Waals surface area contributed by atoms with Gasteiger partial charge in [0, 0.05) is 24.3 Å². The number of nitrogens with zero attached hydrogens (tertiary/aromatic N) is 1. The molecule has 0 aliphatic rings. The van der Waals surface area contributed by atoms with Gasteiger partial charge in [-0.15, -0.1) is 0 Å². The van der Waals surface area contributed by atoms with Crippen LogP contribution in [0.1, 0.15) is 27.2 Å². The van der Waals surface area contributed by atoms with Gasteiger partial charge in [0.15, 0.2) is 4.90 Å². The highest BCUT2D eigenvalue weighted by Gasteiger charge is 2.27. The van der Waals surface area contributed by atoms with Crippen LogP contribution in [0.15, 0.2) is 23.1 Å². The predicted molar refractivity (Wildman–Crippen MR) is 77.3 cm³/mol. The highest BCUT2D eigenvalue weighted by Crippen LogP contribution is 2.27. The number of rotatable bonds is 7. The molecule has 112 valence electrons. The second-order valence-corrected chi connectivity index (χ2v) is 6.08. The van der Waals surface area contributed by atoms with Crippen LogP contribution < -0.4 is 10.0 Å². The molecule has 8 heteroatoms. The number of hydrogen-bond acceptors (Lipinski definition) is 5. The zero-order chi connectivity index (χ0) is 15.3. The lowest BCUT2D eigenvalue weighted by atomic mass is 10.3. The number of nitro benzene ring substituents is 1. The largest absolute Gasteiger partial charge is 0.385 e. The zero-order valence-electron chi connectivity index (χ0n) is 11.7. The van der Waals surface area contributed by atoms with Crippen LogP contribution in [0.2, 0.25) is 0 Å². The molecule has 1 atom stereocenters. The van der Waals surface area contributed by atoms with Crippen LogP contribution in [0.25, 0.3) is 0 Å². The van der Waals surface area contributed by atoms with E-state index in [9.17, 15) is 18.5 Å². The van der Waals surface area contributed by atoms with Crippen molar-refractivity contribution in [2.24, 2.45) is 0 Å². The van der Waals surface area contributed by atoms with Gasteiger partial charge in [-0.3, -0.25) is 10.1 Å². The molecule has 0 aliphatic carbocycles. The van der Waals surface area contributed by atoms with Crippen molar-refractivity contribution in [1.29, 1.82) is 0 Å². The van der Waals surface area contributed by atoms with E-state index >= 15 is 0 Å². The molecule has 0 saturated heterocycles. The van der Waals surface area contributed by atoms with Crippen molar-refractivity contribution in [2.45, 2.75) is 38.1 Å². The fourth-order valence-electron chi connectivity index (χ4n) is 1.61. The van der Waals surface area contributed by atoms with Gasteiger partial charge in [0.25, 0.3) is 5.69 Å². The fraction of sp³-hybridized carbons (Fsp3) is 0.500. The lowest BCUT2D eigenvalue weighted by Crippen LogP contribution is -2.32. The SMILES string of the molecule is CCNc1ccc(S(=O)(=O)NC(C)CC)c([N+](=O)[O-])c1. The van der Waals surface area contributed by atoms with Crippen molar-refractivity contribution in [3.05, 3.63) is 28.3 Å². The molecule has 0 bridgehead atoms. The summed E-state index contributed by atoms with van der Waals surface area (Å²) < 4.78 is 26.7. The fourth-order valence-corrected chi connectivity index (χ4v) is 3.09. The Morgan fingerprint density at radius 2 is 2.00 bits per heavy atom. The van der Waals surface area contributed by atoms with Crippen LogP contribution in [0.4, 0.5) is 11.4 Å². The monoisotopic (exact) mass is 301 g/mol. The minimum absolute atomic E-state index is 0.284. The van der Waals surface area contributed by atoms with E-state index in [1.165, 1.54) is 18.2 Å². The molecule has 0 heterocycles. The van der Waals surface area contributed by atoms with E-state index in [4.69, 9.17) is 0 Å². The molecule has 0 aromatic heterocycles. The molecular weight excluding hydrogens is 282 g/mol. The van der Waals surface area contributed by atoms with Crippen LogP contribution in [-0.4, -0.2) is 25.9 Å². The second kappa shape index (κ2) is 6.67. The predicted octanol–water partition coefficient (Wildman–Crippen LogP) is 2.10. The summed E-state index contributed by atoms with van der Waals surface area (Å²) in [6.45, 7) is 5.97. The van der Waals surface area contributed by atoms with Gasteiger partial charge in [0.05, 0.1) is 4.92 Å². The molecule has 0 aliphatic heterocycles. The van der Waals surface area contributed by atoms with Crippen molar-refractivity contribution in [1.82, 2.24) is 4.72 Å². The van der Waals surface area contributed by atoms with E-state index in [1.807, 2.05) is 13.8 Å². The summed E-state index contributed by atoms with van der Waals surface area (Å²) >= 11 is 0. The maximum absolute atomic E-state index is 12.2. The minimum Gasteiger partial charge on any atom is -0.385 e. The Bertz CT molecular complexity index is 586. The van der Waals surface area contributed by atoms with Gasteiger partial charge in [-0.1, -0.05) is 6.92 Å². The molecule has 0 radical (unpaired) electrons. The van der Waals surface area contributed by atoms with E-state index in [1.54, 1.807) is 6.92 Å². The molecule has 7 nitrogen and oxygen atoms in total. The number of nitrogens with one attached hydrogen (secondary N) is 2. The lowest BCUT2D eigenvalue weighted by Gasteiger charge is -2.13. The first-order valence-corrected chi connectivity index (χ1v) is 7.84. The Morgan fingerprint density at radius 1 is 1.35 bits per heavy atom. The van der Waals surface area contributed by atoms with Gasteiger partial charge >= 0.3 is 0 Å². The van der Waals surface area contributed by atoms with Crippen LogP contribution in [0.5, 0.6) is 0 Å². The van der Waals surface area contributed by atoms with Gasteiger partial charge in [-0.2, -0.15) is 0 Å². The normalized spacial score (nSPS) is 12.9. The summed E-state index contributed by atoms with van der Waals surface area (Å²) in [7, 11) is -3.90. The van der Waals surface area contributed by atoms with E-state index in [0.717, 1.165) is 0 Å².